The van der Waals surface area contributed by atoms with Crippen molar-refractivity contribution in [3.8, 4) is 17.5 Å². The van der Waals surface area contributed by atoms with Crippen LogP contribution >= 0.6 is 11.9 Å². The molecule has 28 heavy (non-hydrogen) atoms. The number of nitrogens with zero attached hydrogens (tertiary/aromatic N) is 2. The van der Waals surface area contributed by atoms with Crippen molar-refractivity contribution in [2.75, 3.05) is 18.9 Å². The number of methoxy groups -OCH3 is 2. The third-order valence-corrected chi connectivity index (χ3v) is 4.89. The molecule has 0 unspecified atom stereocenters. The largest absolute Gasteiger partial charge is 0.497 e. The van der Waals surface area contributed by atoms with Crippen LogP contribution in [0, 0.1) is 12.7 Å². The Kier molecular flexibility index (Phi) is 6.54. The van der Waals surface area contributed by atoms with Gasteiger partial charge in [-0.15, -0.1) is 0 Å². The van der Waals surface area contributed by atoms with Crippen LogP contribution in [0.25, 0.3) is 0 Å². The lowest BCUT2D eigenvalue weighted by Crippen LogP contribution is -2.04. The SMILES string of the molecule is COc1ccc(OC)c(COc2ncc(F)c(NSc3ccccc3C)n2)c1. The van der Waals surface area contributed by atoms with E-state index in [2.05, 4.69) is 14.7 Å². The molecule has 0 amide bonds. The number of hydrogen-bond acceptors (Lipinski definition) is 7. The summed E-state index contributed by atoms with van der Waals surface area (Å²) in [6.07, 6.45) is 1.08. The highest BCUT2D eigenvalue weighted by Crippen LogP contribution is 2.27. The van der Waals surface area contributed by atoms with Gasteiger partial charge in [0.2, 0.25) is 0 Å². The minimum Gasteiger partial charge on any atom is -0.497 e. The fourth-order valence-electron chi connectivity index (χ4n) is 2.40. The third kappa shape index (κ3) is 4.83. The summed E-state index contributed by atoms with van der Waals surface area (Å²) < 4.78 is 33.2. The molecule has 0 saturated heterocycles. The topological polar surface area (TPSA) is 65.5 Å². The molecule has 0 radical (unpaired) electrons. The first-order chi connectivity index (χ1) is 13.6. The van der Waals surface area contributed by atoms with Crippen LogP contribution in [0.5, 0.6) is 17.5 Å². The number of halogens is 1. The van der Waals surface area contributed by atoms with Crippen LogP contribution in [0.2, 0.25) is 0 Å². The van der Waals surface area contributed by atoms with E-state index in [0.29, 0.717) is 11.5 Å². The van der Waals surface area contributed by atoms with Gasteiger partial charge in [0.15, 0.2) is 11.6 Å². The van der Waals surface area contributed by atoms with Crippen LogP contribution in [0.1, 0.15) is 11.1 Å². The molecule has 0 saturated carbocycles. The first-order valence-corrected chi connectivity index (χ1v) is 9.27. The van der Waals surface area contributed by atoms with Gasteiger partial charge in [-0.05, 0) is 48.7 Å². The van der Waals surface area contributed by atoms with Gasteiger partial charge in [-0.1, -0.05) is 18.2 Å². The van der Waals surface area contributed by atoms with Gasteiger partial charge in [0.05, 0.1) is 20.4 Å². The molecule has 0 fully saturated rings. The third-order valence-electron chi connectivity index (χ3n) is 3.92. The molecular weight excluding hydrogens is 381 g/mol. The second-order valence-electron chi connectivity index (χ2n) is 5.79. The van der Waals surface area contributed by atoms with E-state index in [1.165, 1.54) is 11.9 Å². The summed E-state index contributed by atoms with van der Waals surface area (Å²) in [5.41, 5.74) is 1.84. The fraction of sp³-hybridized carbons (Fsp3) is 0.200. The van der Waals surface area contributed by atoms with Gasteiger partial charge < -0.3 is 18.9 Å². The summed E-state index contributed by atoms with van der Waals surface area (Å²) in [5, 5.41) is 0. The van der Waals surface area contributed by atoms with Gasteiger partial charge in [0.25, 0.3) is 0 Å². The fourth-order valence-corrected chi connectivity index (χ4v) is 3.13. The predicted octanol–water partition coefficient (Wildman–Crippen LogP) is 4.64. The molecule has 0 spiro atoms. The Bertz CT molecular complexity index is 956. The number of hydrogen-bond donors (Lipinski definition) is 1. The van der Waals surface area contributed by atoms with Gasteiger partial charge in [-0.2, -0.15) is 4.98 Å². The smallest absolute Gasteiger partial charge is 0.318 e. The second-order valence-corrected chi connectivity index (χ2v) is 6.63. The molecule has 3 aromatic rings. The summed E-state index contributed by atoms with van der Waals surface area (Å²) in [6, 6.07) is 13.2. The summed E-state index contributed by atoms with van der Waals surface area (Å²) >= 11 is 1.28. The van der Waals surface area contributed by atoms with Gasteiger partial charge in [-0.3, -0.25) is 0 Å². The van der Waals surface area contributed by atoms with Crippen LogP contribution in [-0.2, 0) is 6.61 Å². The van der Waals surface area contributed by atoms with Gasteiger partial charge >= 0.3 is 6.01 Å². The minimum atomic E-state index is -0.563. The molecule has 1 heterocycles. The summed E-state index contributed by atoms with van der Waals surface area (Å²) in [6.45, 7) is 2.13. The zero-order valence-corrected chi connectivity index (χ0v) is 16.5. The van der Waals surface area contributed by atoms with Crippen molar-refractivity contribution in [3.63, 3.8) is 0 Å². The average molecular weight is 401 g/mol. The second kappa shape index (κ2) is 9.27. The number of nitrogens with one attached hydrogen (secondary N) is 1. The number of aromatic nitrogens is 2. The van der Waals surface area contributed by atoms with E-state index >= 15 is 0 Å². The molecule has 8 heteroatoms. The molecule has 146 valence electrons. The number of ether oxygens (including phenoxy) is 3. The van der Waals surface area contributed by atoms with E-state index in [1.807, 2.05) is 31.2 Å². The van der Waals surface area contributed by atoms with Crippen molar-refractivity contribution in [1.29, 1.82) is 0 Å². The molecular formula is C20H20FN3O3S. The lowest BCUT2D eigenvalue weighted by Gasteiger charge is -2.12. The van der Waals surface area contributed by atoms with Crippen LogP contribution in [0.4, 0.5) is 10.2 Å². The zero-order valence-electron chi connectivity index (χ0n) is 15.7. The van der Waals surface area contributed by atoms with Crippen molar-refractivity contribution in [1.82, 2.24) is 9.97 Å². The van der Waals surface area contributed by atoms with Crippen molar-refractivity contribution >= 4 is 17.8 Å². The van der Waals surface area contributed by atoms with E-state index < -0.39 is 5.82 Å². The summed E-state index contributed by atoms with van der Waals surface area (Å²) in [7, 11) is 3.16. The Morgan fingerprint density at radius 2 is 1.93 bits per heavy atom. The Morgan fingerprint density at radius 1 is 1.11 bits per heavy atom. The maximum atomic E-state index is 14.1. The molecule has 1 N–H and O–H groups in total. The Hall–Kier alpha value is -3.00. The first-order valence-electron chi connectivity index (χ1n) is 8.45. The van der Waals surface area contributed by atoms with E-state index in [9.17, 15) is 4.39 Å². The van der Waals surface area contributed by atoms with Gasteiger partial charge in [0.1, 0.15) is 18.1 Å². The lowest BCUT2D eigenvalue weighted by molar-refractivity contribution is 0.272. The maximum absolute atomic E-state index is 14.1. The highest BCUT2D eigenvalue weighted by Gasteiger charge is 2.11. The molecule has 0 aliphatic rings. The molecule has 6 nitrogen and oxygen atoms in total. The van der Waals surface area contributed by atoms with Crippen LogP contribution < -0.4 is 18.9 Å². The molecule has 0 atom stereocenters. The van der Waals surface area contributed by atoms with Crippen molar-refractivity contribution in [2.24, 2.45) is 0 Å². The predicted molar refractivity (Wildman–Crippen MR) is 107 cm³/mol. The number of aryl methyl sites for hydroxylation is 1. The van der Waals surface area contributed by atoms with Crippen LogP contribution in [-0.4, -0.2) is 24.2 Å². The molecule has 0 aliphatic carbocycles. The monoisotopic (exact) mass is 401 g/mol. The molecule has 2 aromatic carbocycles. The normalized spacial score (nSPS) is 10.4. The number of anilines is 1. The van der Waals surface area contributed by atoms with Crippen LogP contribution in [0.15, 0.2) is 53.6 Å². The minimum absolute atomic E-state index is 0.0517. The molecule has 1 aromatic heterocycles. The summed E-state index contributed by atoms with van der Waals surface area (Å²) in [5.74, 6) is 0.816. The van der Waals surface area contributed by atoms with Gasteiger partial charge in [-0.25, -0.2) is 9.37 Å². The molecule has 0 bridgehead atoms. The van der Waals surface area contributed by atoms with Crippen molar-refractivity contribution in [2.45, 2.75) is 18.4 Å². The van der Waals surface area contributed by atoms with Crippen molar-refractivity contribution in [3.05, 3.63) is 65.6 Å². The molecule has 3 rings (SSSR count). The van der Waals surface area contributed by atoms with E-state index in [4.69, 9.17) is 14.2 Å². The highest BCUT2D eigenvalue weighted by molar-refractivity contribution is 8.00. The zero-order chi connectivity index (χ0) is 19.9. The van der Waals surface area contributed by atoms with Crippen LogP contribution in [0.3, 0.4) is 0 Å². The molecule has 0 aliphatic heterocycles. The quantitative estimate of drug-likeness (QED) is 0.552. The Morgan fingerprint density at radius 3 is 2.68 bits per heavy atom. The highest BCUT2D eigenvalue weighted by atomic mass is 32.2. The average Bonchev–Trinajstić information content (AvgIpc) is 2.73. The van der Waals surface area contributed by atoms with Crippen molar-refractivity contribution < 1.29 is 18.6 Å². The Labute approximate surface area is 167 Å². The first kappa shape index (κ1) is 19.8. The maximum Gasteiger partial charge on any atom is 0.318 e. The van der Waals surface area contributed by atoms with E-state index in [1.54, 1.807) is 32.4 Å². The standard InChI is InChI=1S/C20H20FN3O3S/c1-13-6-4-5-7-18(13)28-24-19-16(21)11-22-20(23-19)27-12-14-10-15(25-2)8-9-17(14)26-3/h4-11H,12H2,1-3H3,(H,22,23,24). The van der Waals surface area contributed by atoms with E-state index in [-0.39, 0.29) is 18.4 Å². The summed E-state index contributed by atoms with van der Waals surface area (Å²) in [4.78, 5) is 8.99. The van der Waals surface area contributed by atoms with Gasteiger partial charge in [0, 0.05) is 10.5 Å². The Balaban J connectivity index is 1.70. The van der Waals surface area contributed by atoms with E-state index in [0.717, 1.165) is 22.2 Å². The number of benzene rings is 2. The lowest BCUT2D eigenvalue weighted by atomic mass is 10.2. The number of rotatable bonds is 8.